The Morgan fingerprint density at radius 1 is 0.242 bits per heavy atom. The van der Waals surface area contributed by atoms with Gasteiger partial charge in [-0.2, -0.15) is 0 Å². The summed E-state index contributed by atoms with van der Waals surface area (Å²) in [5.41, 5.74) is 16.7. The number of fused-ring (bicyclic) bond motifs is 6. The second-order valence-electron chi connectivity index (χ2n) is 15.8. The Kier molecular flexibility index (Phi) is 8.46. The van der Waals surface area contributed by atoms with Gasteiger partial charge in [0.05, 0.1) is 33.5 Å². The molecule has 0 aliphatic heterocycles. The third-order valence-corrected chi connectivity index (χ3v) is 12.2. The van der Waals surface area contributed by atoms with Crippen molar-refractivity contribution in [3.05, 3.63) is 231 Å². The molecule has 0 atom stereocenters. The molecule has 0 radical (unpaired) electrons. The molecule has 12 rings (SSSR count). The van der Waals surface area contributed by atoms with Gasteiger partial charge in [0.15, 0.2) is 5.82 Å². The maximum Gasteiger partial charge on any atom is 0.160 e. The first-order valence-electron chi connectivity index (χ1n) is 21.1. The summed E-state index contributed by atoms with van der Waals surface area (Å²) >= 11 is 0. The van der Waals surface area contributed by atoms with Crippen molar-refractivity contribution in [3.63, 3.8) is 0 Å². The lowest BCUT2D eigenvalue weighted by atomic mass is 10.0. The van der Waals surface area contributed by atoms with E-state index in [1.54, 1.807) is 0 Å². The van der Waals surface area contributed by atoms with E-state index in [4.69, 9.17) is 9.97 Å². The minimum atomic E-state index is 0.715. The van der Waals surface area contributed by atoms with Gasteiger partial charge in [-0.1, -0.05) is 170 Å². The van der Waals surface area contributed by atoms with Crippen LogP contribution in [0.15, 0.2) is 231 Å². The van der Waals surface area contributed by atoms with Crippen LogP contribution in [0, 0.1) is 0 Å². The number of nitrogens with zero attached hydrogens (tertiary/aromatic N) is 4. The molecule has 4 heteroatoms. The monoisotopic (exact) mass is 790 g/mol. The fraction of sp³-hybridized carbons (Fsp3) is 0. The van der Waals surface area contributed by atoms with E-state index < -0.39 is 0 Å². The number of benzene rings is 9. The van der Waals surface area contributed by atoms with Crippen LogP contribution in [0.4, 0.5) is 0 Å². The second kappa shape index (κ2) is 14.7. The highest BCUT2D eigenvalue weighted by atomic mass is 15.0. The van der Waals surface area contributed by atoms with E-state index in [2.05, 4.69) is 203 Å². The summed E-state index contributed by atoms with van der Waals surface area (Å²) in [5.74, 6) is 0.715. The largest absolute Gasteiger partial charge is 0.309 e. The van der Waals surface area contributed by atoms with Crippen molar-refractivity contribution in [2.75, 3.05) is 0 Å². The van der Waals surface area contributed by atoms with Crippen LogP contribution in [0.3, 0.4) is 0 Å². The SMILES string of the molecule is c1ccc(-c2cc(-c3ccc(-c4ccc(-n5c6ccccc6c6ccc(-c7ccc8c(c7)c7ccccc7n8-c7ccccc7)cc65)cc4)cc3)nc(-c3ccccc3)n2)cc1. The fourth-order valence-electron chi connectivity index (χ4n) is 9.14. The van der Waals surface area contributed by atoms with Crippen LogP contribution < -0.4 is 0 Å². The molecule has 290 valence electrons. The number of aromatic nitrogens is 4. The molecule has 0 spiro atoms. The Morgan fingerprint density at radius 3 is 1.32 bits per heavy atom. The molecule has 62 heavy (non-hydrogen) atoms. The molecule has 0 bridgehead atoms. The van der Waals surface area contributed by atoms with Crippen LogP contribution in [-0.4, -0.2) is 19.1 Å². The van der Waals surface area contributed by atoms with Gasteiger partial charge < -0.3 is 9.13 Å². The first kappa shape index (κ1) is 35.6. The van der Waals surface area contributed by atoms with Crippen molar-refractivity contribution < 1.29 is 0 Å². The first-order valence-corrected chi connectivity index (χ1v) is 21.1. The molecule has 0 N–H and O–H groups in total. The molecular weight excluding hydrogens is 753 g/mol. The smallest absolute Gasteiger partial charge is 0.160 e. The minimum Gasteiger partial charge on any atom is -0.309 e. The quantitative estimate of drug-likeness (QED) is 0.161. The van der Waals surface area contributed by atoms with E-state index in [1.807, 2.05) is 36.4 Å². The normalized spacial score (nSPS) is 11.5. The van der Waals surface area contributed by atoms with E-state index in [0.717, 1.165) is 50.6 Å². The fourth-order valence-corrected chi connectivity index (χ4v) is 9.14. The Bertz CT molecular complexity index is 3530. The lowest BCUT2D eigenvalue weighted by Gasteiger charge is -2.12. The Labute approximate surface area is 359 Å². The Hall–Kier alpha value is -8.34. The van der Waals surface area contributed by atoms with E-state index in [-0.39, 0.29) is 0 Å². The molecule has 0 aliphatic rings. The summed E-state index contributed by atoms with van der Waals surface area (Å²) in [4.78, 5) is 10.0. The average molecular weight is 791 g/mol. The van der Waals surface area contributed by atoms with E-state index >= 15 is 0 Å². The zero-order valence-electron chi connectivity index (χ0n) is 33.7. The van der Waals surface area contributed by atoms with Gasteiger partial charge in [0.25, 0.3) is 0 Å². The number of hydrogen-bond donors (Lipinski definition) is 0. The maximum absolute atomic E-state index is 5.04. The zero-order valence-corrected chi connectivity index (χ0v) is 33.7. The molecule has 4 nitrogen and oxygen atoms in total. The molecule has 0 unspecified atom stereocenters. The van der Waals surface area contributed by atoms with Gasteiger partial charge in [-0.25, -0.2) is 9.97 Å². The van der Waals surface area contributed by atoms with Gasteiger partial charge >= 0.3 is 0 Å². The number of hydrogen-bond acceptors (Lipinski definition) is 2. The molecule has 3 aromatic heterocycles. The van der Waals surface area contributed by atoms with Gasteiger partial charge in [0.1, 0.15) is 0 Å². The van der Waals surface area contributed by atoms with Crippen LogP contribution in [0.25, 0.3) is 111 Å². The average Bonchev–Trinajstić information content (AvgIpc) is 3.87. The summed E-state index contributed by atoms with van der Waals surface area (Å²) in [6.07, 6.45) is 0. The van der Waals surface area contributed by atoms with Crippen molar-refractivity contribution in [2.45, 2.75) is 0 Å². The maximum atomic E-state index is 5.04. The van der Waals surface area contributed by atoms with Gasteiger partial charge in [-0.15, -0.1) is 0 Å². The molecule has 0 aliphatic carbocycles. The highest BCUT2D eigenvalue weighted by Crippen LogP contribution is 2.39. The minimum absolute atomic E-state index is 0.715. The van der Waals surface area contributed by atoms with Crippen LogP contribution >= 0.6 is 0 Å². The standard InChI is InChI=1S/C58H38N4/c1-4-14-41(15-5-1)52-38-53(60-58(59-52)43-16-6-2-7-17-43)42-26-24-39(25-27-42)40-28-32-47(33-29-40)62-54-22-12-10-20-48(54)50-34-30-45(37-57(50)62)44-31-35-56-51(36-44)49-21-11-13-23-55(49)61(56)46-18-8-3-9-19-46/h1-38H. The highest BCUT2D eigenvalue weighted by Gasteiger charge is 2.17. The van der Waals surface area contributed by atoms with Gasteiger partial charge in [-0.3, -0.25) is 0 Å². The summed E-state index contributed by atoms with van der Waals surface area (Å²) in [5, 5.41) is 4.98. The summed E-state index contributed by atoms with van der Waals surface area (Å²) in [6.45, 7) is 0. The lowest BCUT2D eigenvalue weighted by molar-refractivity contribution is 1.18. The van der Waals surface area contributed by atoms with Crippen LogP contribution in [0.5, 0.6) is 0 Å². The first-order chi connectivity index (χ1) is 30.7. The summed E-state index contributed by atoms with van der Waals surface area (Å²) in [7, 11) is 0. The van der Waals surface area contributed by atoms with Crippen molar-refractivity contribution >= 4 is 43.6 Å². The van der Waals surface area contributed by atoms with E-state index in [0.29, 0.717) is 5.82 Å². The third-order valence-electron chi connectivity index (χ3n) is 12.2. The van der Waals surface area contributed by atoms with Crippen molar-refractivity contribution in [3.8, 4) is 67.5 Å². The predicted octanol–water partition coefficient (Wildman–Crippen LogP) is 15.0. The summed E-state index contributed by atoms with van der Waals surface area (Å²) < 4.78 is 4.78. The summed E-state index contributed by atoms with van der Waals surface area (Å²) in [6, 6.07) is 82.2. The van der Waals surface area contributed by atoms with Crippen LogP contribution in [0.2, 0.25) is 0 Å². The molecule has 9 aromatic carbocycles. The van der Waals surface area contributed by atoms with Gasteiger partial charge in [-0.05, 0) is 82.9 Å². The molecule has 0 saturated carbocycles. The van der Waals surface area contributed by atoms with Crippen molar-refractivity contribution in [2.24, 2.45) is 0 Å². The van der Waals surface area contributed by atoms with Gasteiger partial charge in [0.2, 0.25) is 0 Å². The third kappa shape index (κ3) is 6.08. The van der Waals surface area contributed by atoms with E-state index in [9.17, 15) is 0 Å². The molecule has 3 heterocycles. The second-order valence-corrected chi connectivity index (χ2v) is 15.8. The molecule has 0 fully saturated rings. The van der Waals surface area contributed by atoms with Gasteiger partial charge in [0, 0.05) is 49.6 Å². The molecule has 0 amide bonds. The molecular formula is C58H38N4. The Balaban J connectivity index is 0.904. The number of rotatable bonds is 7. The van der Waals surface area contributed by atoms with Crippen molar-refractivity contribution in [1.82, 2.24) is 19.1 Å². The Morgan fingerprint density at radius 2 is 0.661 bits per heavy atom. The van der Waals surface area contributed by atoms with E-state index in [1.165, 1.54) is 54.7 Å². The molecule has 0 saturated heterocycles. The van der Waals surface area contributed by atoms with Crippen LogP contribution in [0.1, 0.15) is 0 Å². The molecule has 12 aromatic rings. The highest BCUT2D eigenvalue weighted by molar-refractivity contribution is 6.12. The lowest BCUT2D eigenvalue weighted by Crippen LogP contribution is -1.96. The number of para-hydroxylation sites is 3. The van der Waals surface area contributed by atoms with Crippen LogP contribution in [-0.2, 0) is 0 Å². The van der Waals surface area contributed by atoms with Crippen molar-refractivity contribution in [1.29, 1.82) is 0 Å². The predicted molar refractivity (Wildman–Crippen MR) is 258 cm³/mol. The topological polar surface area (TPSA) is 35.6 Å². The zero-order chi connectivity index (χ0) is 41.0.